The Labute approximate surface area is 92.3 Å². The maximum absolute atomic E-state index is 5.82. The summed E-state index contributed by atoms with van der Waals surface area (Å²) in [5, 5.41) is 4.02. The van der Waals surface area contributed by atoms with Gasteiger partial charge in [-0.05, 0) is 18.6 Å². The third kappa shape index (κ3) is 2.44. The van der Waals surface area contributed by atoms with Crippen LogP contribution in [0.15, 0.2) is 24.3 Å². The van der Waals surface area contributed by atoms with Gasteiger partial charge in [0.2, 0.25) is 5.13 Å². The van der Waals surface area contributed by atoms with E-state index in [1.165, 1.54) is 11.5 Å². The molecule has 0 aliphatic carbocycles. The lowest BCUT2D eigenvalue weighted by Gasteiger charge is -2.05. The van der Waals surface area contributed by atoms with Crippen molar-refractivity contribution in [3.05, 3.63) is 35.7 Å². The molecule has 0 amide bonds. The highest BCUT2D eigenvalue weighted by molar-refractivity contribution is 7.09. The van der Waals surface area contributed by atoms with E-state index in [0.717, 1.165) is 22.2 Å². The molecule has 1 aromatic heterocycles. The number of nitrogens with zero attached hydrogens (tertiary/aromatic N) is 2. The molecule has 0 atom stereocenters. The van der Waals surface area contributed by atoms with E-state index in [1.807, 2.05) is 31.2 Å². The molecule has 0 radical (unpaired) electrons. The quantitative estimate of drug-likeness (QED) is 0.777. The summed E-state index contributed by atoms with van der Waals surface area (Å²) in [5.41, 5.74) is 7.69. The van der Waals surface area contributed by atoms with Crippen LogP contribution in [0.25, 0.3) is 0 Å². The lowest BCUT2D eigenvalue weighted by Crippen LogP contribution is -2.02. The van der Waals surface area contributed by atoms with Gasteiger partial charge in [-0.15, -0.1) is 0 Å². The molecule has 2 rings (SSSR count). The lowest BCUT2D eigenvalue weighted by molar-refractivity contribution is 1.10. The highest BCUT2D eigenvalue weighted by atomic mass is 32.1. The normalized spacial score (nSPS) is 10.2. The molecule has 0 spiro atoms. The summed E-state index contributed by atoms with van der Waals surface area (Å²) in [6.45, 7) is 2.56. The van der Waals surface area contributed by atoms with E-state index in [1.54, 1.807) is 0 Å². The number of rotatable bonds is 3. The predicted molar refractivity (Wildman–Crippen MR) is 62.8 cm³/mol. The fraction of sp³-hybridized carbons (Fsp3) is 0.200. The molecule has 0 saturated heterocycles. The molecule has 1 heterocycles. The molecule has 0 fully saturated rings. The van der Waals surface area contributed by atoms with Crippen molar-refractivity contribution in [2.24, 2.45) is 0 Å². The first kappa shape index (κ1) is 9.92. The fourth-order valence-electron chi connectivity index (χ4n) is 1.23. The van der Waals surface area contributed by atoms with E-state index in [0.29, 0.717) is 6.54 Å². The highest BCUT2D eigenvalue weighted by Gasteiger charge is 2.01. The van der Waals surface area contributed by atoms with Gasteiger partial charge < -0.3 is 11.1 Å². The van der Waals surface area contributed by atoms with E-state index < -0.39 is 0 Å². The number of nitrogens with two attached hydrogens (primary N) is 1. The Balaban J connectivity index is 2.02. The molecule has 78 valence electrons. The summed E-state index contributed by atoms with van der Waals surface area (Å²) in [4.78, 5) is 4.21. The molecule has 0 aliphatic rings. The van der Waals surface area contributed by atoms with E-state index in [9.17, 15) is 0 Å². The summed E-state index contributed by atoms with van der Waals surface area (Å²) in [6.07, 6.45) is 0. The van der Waals surface area contributed by atoms with Crippen molar-refractivity contribution in [1.29, 1.82) is 0 Å². The largest absolute Gasteiger partial charge is 0.398 e. The van der Waals surface area contributed by atoms with Crippen molar-refractivity contribution in [3.8, 4) is 0 Å². The second-order valence-electron chi connectivity index (χ2n) is 3.20. The van der Waals surface area contributed by atoms with Crippen LogP contribution in [-0.4, -0.2) is 9.36 Å². The van der Waals surface area contributed by atoms with Crippen molar-refractivity contribution in [1.82, 2.24) is 9.36 Å². The van der Waals surface area contributed by atoms with Gasteiger partial charge in [0.1, 0.15) is 5.82 Å². The number of aromatic nitrogens is 2. The van der Waals surface area contributed by atoms with Crippen LogP contribution >= 0.6 is 11.5 Å². The standard InChI is InChI=1S/C10H12N4S/c1-7-13-10(15-14-7)12-6-8-4-2-3-5-9(8)11/h2-5H,6,11H2,1H3,(H,12,13,14). The summed E-state index contributed by atoms with van der Waals surface area (Å²) >= 11 is 1.36. The van der Waals surface area contributed by atoms with Crippen LogP contribution in [0.1, 0.15) is 11.4 Å². The molecule has 0 bridgehead atoms. The monoisotopic (exact) mass is 220 g/mol. The molecule has 15 heavy (non-hydrogen) atoms. The smallest absolute Gasteiger partial charge is 0.202 e. The predicted octanol–water partition coefficient (Wildman–Crippen LogP) is 2.04. The summed E-state index contributed by atoms with van der Waals surface area (Å²) in [5.74, 6) is 0.795. The van der Waals surface area contributed by atoms with Crippen molar-refractivity contribution >= 4 is 22.4 Å². The Kier molecular flexibility index (Phi) is 2.82. The zero-order chi connectivity index (χ0) is 10.7. The SMILES string of the molecule is Cc1nsc(NCc2ccccc2N)n1. The van der Waals surface area contributed by atoms with E-state index >= 15 is 0 Å². The second kappa shape index (κ2) is 4.27. The molecule has 3 N–H and O–H groups in total. The fourth-order valence-corrected chi connectivity index (χ4v) is 1.80. The van der Waals surface area contributed by atoms with Crippen molar-refractivity contribution in [3.63, 3.8) is 0 Å². The summed E-state index contributed by atoms with van der Waals surface area (Å²) < 4.78 is 4.09. The van der Waals surface area contributed by atoms with Crippen LogP contribution in [0.2, 0.25) is 0 Å². The maximum Gasteiger partial charge on any atom is 0.202 e. The Bertz CT molecular complexity index is 452. The number of aryl methyl sites for hydroxylation is 1. The Morgan fingerprint density at radius 1 is 1.40 bits per heavy atom. The molecule has 1 aromatic carbocycles. The Morgan fingerprint density at radius 3 is 2.87 bits per heavy atom. The van der Waals surface area contributed by atoms with Crippen molar-refractivity contribution in [2.75, 3.05) is 11.1 Å². The number of anilines is 2. The summed E-state index contributed by atoms with van der Waals surface area (Å²) in [6, 6.07) is 7.78. The zero-order valence-electron chi connectivity index (χ0n) is 8.40. The van der Waals surface area contributed by atoms with Gasteiger partial charge in [0.15, 0.2) is 0 Å². The van der Waals surface area contributed by atoms with Crippen LogP contribution in [-0.2, 0) is 6.54 Å². The van der Waals surface area contributed by atoms with Gasteiger partial charge in [0.25, 0.3) is 0 Å². The number of hydrogen-bond donors (Lipinski definition) is 2. The van der Waals surface area contributed by atoms with Crippen molar-refractivity contribution < 1.29 is 0 Å². The Morgan fingerprint density at radius 2 is 2.20 bits per heavy atom. The molecule has 5 heteroatoms. The van der Waals surface area contributed by atoms with E-state index in [2.05, 4.69) is 14.7 Å². The average Bonchev–Trinajstić information content (AvgIpc) is 2.63. The van der Waals surface area contributed by atoms with Crippen molar-refractivity contribution in [2.45, 2.75) is 13.5 Å². The second-order valence-corrected chi connectivity index (χ2v) is 3.95. The van der Waals surface area contributed by atoms with Gasteiger partial charge in [-0.3, -0.25) is 0 Å². The number of nitrogen functional groups attached to an aromatic ring is 1. The number of nitrogens with one attached hydrogen (secondary N) is 1. The third-order valence-corrected chi connectivity index (χ3v) is 2.78. The van der Waals surface area contributed by atoms with Gasteiger partial charge in [0, 0.05) is 23.8 Å². The van der Waals surface area contributed by atoms with Gasteiger partial charge >= 0.3 is 0 Å². The minimum Gasteiger partial charge on any atom is -0.398 e. The molecule has 0 aliphatic heterocycles. The Hall–Kier alpha value is -1.62. The average molecular weight is 220 g/mol. The van der Waals surface area contributed by atoms with Crippen LogP contribution < -0.4 is 11.1 Å². The topological polar surface area (TPSA) is 63.8 Å². The van der Waals surface area contributed by atoms with E-state index in [4.69, 9.17) is 5.73 Å². The van der Waals surface area contributed by atoms with Crippen LogP contribution in [0.3, 0.4) is 0 Å². The van der Waals surface area contributed by atoms with Crippen LogP contribution in [0.4, 0.5) is 10.8 Å². The number of para-hydroxylation sites is 1. The van der Waals surface area contributed by atoms with Crippen LogP contribution in [0, 0.1) is 6.92 Å². The molecular formula is C10H12N4S. The first-order valence-electron chi connectivity index (χ1n) is 4.63. The maximum atomic E-state index is 5.82. The molecule has 2 aromatic rings. The molecular weight excluding hydrogens is 208 g/mol. The van der Waals surface area contributed by atoms with Gasteiger partial charge in [-0.1, -0.05) is 18.2 Å². The van der Waals surface area contributed by atoms with Gasteiger partial charge in [0.05, 0.1) is 0 Å². The number of benzene rings is 1. The molecule has 0 saturated carbocycles. The van der Waals surface area contributed by atoms with E-state index in [-0.39, 0.29) is 0 Å². The lowest BCUT2D eigenvalue weighted by atomic mass is 10.2. The highest BCUT2D eigenvalue weighted by Crippen LogP contribution is 2.15. The zero-order valence-corrected chi connectivity index (χ0v) is 9.21. The molecule has 4 nitrogen and oxygen atoms in total. The summed E-state index contributed by atoms with van der Waals surface area (Å²) in [7, 11) is 0. The minimum atomic E-state index is 0.682. The van der Waals surface area contributed by atoms with Gasteiger partial charge in [-0.2, -0.15) is 4.37 Å². The third-order valence-electron chi connectivity index (χ3n) is 2.01. The first-order valence-corrected chi connectivity index (χ1v) is 5.40. The van der Waals surface area contributed by atoms with Crippen LogP contribution in [0.5, 0.6) is 0 Å². The first-order chi connectivity index (χ1) is 7.25. The number of hydrogen-bond acceptors (Lipinski definition) is 5. The van der Waals surface area contributed by atoms with Gasteiger partial charge in [-0.25, -0.2) is 4.98 Å². The minimum absolute atomic E-state index is 0.682. The molecule has 0 unspecified atom stereocenters.